The number of benzene rings is 1. The Morgan fingerprint density at radius 3 is 2.45 bits per heavy atom. The quantitative estimate of drug-likeness (QED) is 0.264. The minimum atomic E-state index is -1.48. The van der Waals surface area contributed by atoms with Gasteiger partial charge in [-0.2, -0.15) is 10.2 Å². The number of aromatic hydroxyl groups is 1. The zero-order chi connectivity index (χ0) is 31.9. The van der Waals surface area contributed by atoms with Gasteiger partial charge in [0.15, 0.2) is 5.78 Å². The van der Waals surface area contributed by atoms with Crippen LogP contribution in [0.2, 0.25) is 0 Å². The number of hydrogen-bond donors (Lipinski definition) is 2. The molecule has 0 unspecified atom stereocenters. The van der Waals surface area contributed by atoms with Crippen LogP contribution >= 0.6 is 11.3 Å². The molecule has 1 atom stereocenters. The molecule has 13 heteroatoms. The van der Waals surface area contributed by atoms with Crippen LogP contribution in [0.5, 0.6) is 5.75 Å². The number of ether oxygens (including phenoxy) is 1. The van der Waals surface area contributed by atoms with Crippen LogP contribution in [0.4, 0.5) is 4.39 Å². The molecule has 11 nitrogen and oxygen atoms in total. The molecule has 0 amide bonds. The number of thiophene rings is 1. The molecule has 3 heterocycles. The molecule has 0 saturated heterocycles. The average Bonchev–Trinajstić information content (AvgIpc) is 3.60. The monoisotopic (exact) mass is 627 g/mol. The van der Waals surface area contributed by atoms with Crippen LogP contribution in [0.25, 0.3) is 15.2 Å². The first-order valence-electron chi connectivity index (χ1n) is 14.8. The highest BCUT2D eigenvalue weighted by Gasteiger charge is 2.36. The number of Topliss-reactive ketones (excluding diaryl/α,β-unsaturated/α-hetero) is 1. The van der Waals surface area contributed by atoms with E-state index in [2.05, 4.69) is 10.2 Å². The van der Waals surface area contributed by atoms with Gasteiger partial charge < -0.3 is 14.9 Å². The van der Waals surface area contributed by atoms with Crippen molar-refractivity contribution in [1.29, 1.82) is 0 Å². The number of halogens is 1. The van der Waals surface area contributed by atoms with E-state index < -0.39 is 34.8 Å². The van der Waals surface area contributed by atoms with E-state index in [1.807, 2.05) is 13.8 Å². The SMILES string of the molecule is Cc1c(-n2nccn2)sc2c1c(=O)n(C(C)(C)C(=O)CC(C)C)c(=O)n2C[C@H](OC1CCC(O)CC1)c1cc(F)ccc1O. The Morgan fingerprint density at radius 2 is 1.82 bits per heavy atom. The average molecular weight is 628 g/mol. The number of rotatable bonds is 10. The van der Waals surface area contributed by atoms with Gasteiger partial charge in [0.25, 0.3) is 5.56 Å². The van der Waals surface area contributed by atoms with Crippen molar-refractivity contribution in [3.05, 3.63) is 68.4 Å². The van der Waals surface area contributed by atoms with E-state index in [0.717, 1.165) is 22.0 Å². The van der Waals surface area contributed by atoms with Gasteiger partial charge in [0.05, 0.1) is 36.5 Å². The predicted octanol–water partition coefficient (Wildman–Crippen LogP) is 4.37. The van der Waals surface area contributed by atoms with Crippen molar-refractivity contribution in [3.63, 3.8) is 0 Å². The van der Waals surface area contributed by atoms with Crippen molar-refractivity contribution in [2.24, 2.45) is 5.92 Å². The van der Waals surface area contributed by atoms with Crippen LogP contribution in [0.1, 0.15) is 77.0 Å². The van der Waals surface area contributed by atoms with Crippen LogP contribution in [0.3, 0.4) is 0 Å². The molecule has 1 aromatic carbocycles. The van der Waals surface area contributed by atoms with Crippen molar-refractivity contribution in [1.82, 2.24) is 24.1 Å². The van der Waals surface area contributed by atoms with Gasteiger partial charge in [0.1, 0.15) is 33.0 Å². The van der Waals surface area contributed by atoms with Gasteiger partial charge in [-0.1, -0.05) is 25.2 Å². The van der Waals surface area contributed by atoms with Crippen LogP contribution in [-0.2, 0) is 21.6 Å². The molecule has 0 aliphatic heterocycles. The summed E-state index contributed by atoms with van der Waals surface area (Å²) in [5, 5.41) is 30.0. The maximum Gasteiger partial charge on any atom is 0.333 e. The molecular weight excluding hydrogens is 589 g/mol. The van der Waals surface area contributed by atoms with Crippen LogP contribution in [-0.4, -0.2) is 52.3 Å². The molecule has 3 aromatic heterocycles. The first-order valence-corrected chi connectivity index (χ1v) is 15.6. The Labute approximate surface area is 257 Å². The lowest BCUT2D eigenvalue weighted by Crippen LogP contribution is -2.53. The van der Waals surface area contributed by atoms with Gasteiger partial charge >= 0.3 is 5.69 Å². The van der Waals surface area contributed by atoms with E-state index >= 15 is 0 Å². The highest BCUT2D eigenvalue weighted by atomic mass is 32.1. The molecule has 1 aliphatic rings. The number of carbonyl (C=O) groups is 1. The lowest BCUT2D eigenvalue weighted by atomic mass is 9.91. The number of ketones is 1. The molecule has 1 aliphatic carbocycles. The first-order chi connectivity index (χ1) is 20.8. The Morgan fingerprint density at radius 1 is 1.16 bits per heavy atom. The maximum absolute atomic E-state index is 14.5. The Hall–Kier alpha value is -3.68. The number of hydrogen-bond acceptors (Lipinski definition) is 9. The lowest BCUT2D eigenvalue weighted by Gasteiger charge is -2.31. The first kappa shape index (κ1) is 31.7. The highest BCUT2D eigenvalue weighted by molar-refractivity contribution is 7.21. The van der Waals surface area contributed by atoms with Crippen LogP contribution < -0.4 is 11.2 Å². The van der Waals surface area contributed by atoms with Gasteiger partial charge in [-0.3, -0.25) is 14.2 Å². The number of aromatic nitrogens is 5. The second-order valence-electron chi connectivity index (χ2n) is 12.4. The van der Waals surface area contributed by atoms with Gasteiger partial charge in [-0.05, 0) is 70.6 Å². The van der Waals surface area contributed by atoms with E-state index in [-0.39, 0.29) is 47.5 Å². The largest absolute Gasteiger partial charge is 0.508 e. The Bertz CT molecular complexity index is 1780. The Balaban J connectivity index is 1.74. The molecule has 5 rings (SSSR count). The fraction of sp³-hybridized carbons (Fsp3) is 0.516. The minimum absolute atomic E-state index is 0.00607. The number of nitrogens with zero attached hydrogens (tertiary/aromatic N) is 5. The second-order valence-corrected chi connectivity index (χ2v) is 13.4. The van der Waals surface area contributed by atoms with Crippen molar-refractivity contribution in [3.8, 4) is 10.8 Å². The molecule has 44 heavy (non-hydrogen) atoms. The number of aliphatic hydroxyl groups excluding tert-OH is 1. The molecule has 1 fully saturated rings. The van der Waals surface area contributed by atoms with Gasteiger partial charge in [-0.25, -0.2) is 13.8 Å². The van der Waals surface area contributed by atoms with Crippen molar-refractivity contribution < 1.29 is 24.1 Å². The molecule has 0 bridgehead atoms. The van der Waals surface area contributed by atoms with Gasteiger partial charge in [0.2, 0.25) is 0 Å². The molecule has 2 N–H and O–H groups in total. The number of aryl methyl sites for hydroxylation is 1. The third-order valence-electron chi connectivity index (χ3n) is 8.31. The smallest absolute Gasteiger partial charge is 0.333 e. The summed E-state index contributed by atoms with van der Waals surface area (Å²) in [6.07, 6.45) is 3.55. The summed E-state index contributed by atoms with van der Waals surface area (Å²) in [6.45, 7) is 8.46. The molecule has 0 radical (unpaired) electrons. The van der Waals surface area contributed by atoms with Crippen LogP contribution in [0, 0.1) is 18.7 Å². The molecular formula is C31H38FN5O6S. The van der Waals surface area contributed by atoms with E-state index in [1.54, 1.807) is 20.8 Å². The van der Waals surface area contributed by atoms with E-state index in [0.29, 0.717) is 41.1 Å². The minimum Gasteiger partial charge on any atom is -0.508 e. The zero-order valence-electron chi connectivity index (χ0n) is 25.5. The summed E-state index contributed by atoms with van der Waals surface area (Å²) in [5.41, 5.74) is -2.14. The fourth-order valence-corrected chi connectivity index (χ4v) is 7.04. The van der Waals surface area contributed by atoms with E-state index in [1.165, 1.54) is 33.9 Å². The van der Waals surface area contributed by atoms with Gasteiger partial charge in [0, 0.05) is 17.5 Å². The molecule has 236 valence electrons. The zero-order valence-corrected chi connectivity index (χ0v) is 26.3. The molecule has 1 saturated carbocycles. The fourth-order valence-electron chi connectivity index (χ4n) is 5.82. The number of phenols is 1. The summed E-state index contributed by atoms with van der Waals surface area (Å²) in [5.74, 6) is -1.06. The number of fused-ring (bicyclic) bond motifs is 1. The predicted molar refractivity (Wildman–Crippen MR) is 164 cm³/mol. The van der Waals surface area contributed by atoms with Crippen molar-refractivity contribution in [2.75, 3.05) is 0 Å². The van der Waals surface area contributed by atoms with E-state index in [9.17, 15) is 29.0 Å². The summed E-state index contributed by atoms with van der Waals surface area (Å²) < 4.78 is 23.4. The second kappa shape index (κ2) is 12.4. The number of carbonyl (C=O) groups excluding carboxylic acids is 1. The lowest BCUT2D eigenvalue weighted by molar-refractivity contribution is -0.127. The summed E-state index contributed by atoms with van der Waals surface area (Å²) in [6, 6.07) is 3.53. The molecule has 4 aromatic rings. The van der Waals surface area contributed by atoms with Crippen molar-refractivity contribution in [2.45, 2.75) is 97.1 Å². The third-order valence-corrected chi connectivity index (χ3v) is 9.59. The maximum atomic E-state index is 14.5. The highest BCUT2D eigenvalue weighted by Crippen LogP contribution is 2.36. The standard InChI is InChI=1S/C31H38FN5O6S/c1-17(2)14-25(40)31(4,5)36-27(41)26-18(3)28(37-33-12-13-34-37)44-29(26)35(30(36)42)16-24(22-15-19(32)6-11-23(22)39)43-21-9-7-20(38)8-10-21/h6,11-13,15,17,20-21,24,38-39H,7-10,14,16H2,1-5H3/t20?,21?,24-/m0/s1. The topological polar surface area (TPSA) is 141 Å². The normalized spacial score (nSPS) is 18.3. The van der Waals surface area contributed by atoms with Gasteiger partial charge in [-0.15, -0.1) is 4.80 Å². The van der Waals surface area contributed by atoms with Crippen LogP contribution in [0.15, 0.2) is 40.2 Å². The molecule has 0 spiro atoms. The Kier molecular flexibility index (Phi) is 8.92. The number of phenolic OH excluding ortho intramolecular Hbond substituents is 1. The van der Waals surface area contributed by atoms with Crippen molar-refractivity contribution >= 4 is 27.3 Å². The summed E-state index contributed by atoms with van der Waals surface area (Å²) in [7, 11) is 0. The summed E-state index contributed by atoms with van der Waals surface area (Å²) in [4.78, 5) is 43.7. The number of aliphatic hydroxyl groups is 1. The summed E-state index contributed by atoms with van der Waals surface area (Å²) >= 11 is 1.14. The third kappa shape index (κ3) is 6.00. The van der Waals surface area contributed by atoms with E-state index in [4.69, 9.17) is 4.74 Å².